The van der Waals surface area contributed by atoms with Gasteiger partial charge in [-0.15, -0.1) is 0 Å². The van der Waals surface area contributed by atoms with Gasteiger partial charge in [-0.05, 0) is 49.8 Å². The van der Waals surface area contributed by atoms with Crippen molar-refractivity contribution in [2.24, 2.45) is 11.8 Å². The topological polar surface area (TPSA) is 38.3 Å². The Morgan fingerprint density at radius 2 is 2.10 bits per heavy atom. The predicted molar refractivity (Wildman–Crippen MR) is 89.8 cm³/mol. The van der Waals surface area contributed by atoms with Gasteiger partial charge in [-0.1, -0.05) is 29.9 Å². The molecular weight excluding hydrogens is 306 g/mol. The number of methoxy groups -OCH3 is 1. The number of hydrogen-bond donors (Lipinski definition) is 1. The summed E-state index contributed by atoms with van der Waals surface area (Å²) in [7, 11) is 1.46. The molecule has 1 saturated carbocycles. The van der Waals surface area contributed by atoms with E-state index in [1.54, 1.807) is 0 Å². The molecule has 0 bridgehead atoms. The first-order valence-corrected chi connectivity index (χ1v) is 8.00. The third kappa shape index (κ3) is 4.97. The molecule has 0 heterocycles. The van der Waals surface area contributed by atoms with Gasteiger partial charge in [0.1, 0.15) is 0 Å². The predicted octanol–water partition coefficient (Wildman–Crippen LogP) is 4.45. The number of anilines is 1. The van der Waals surface area contributed by atoms with E-state index in [0.29, 0.717) is 10.9 Å². The summed E-state index contributed by atoms with van der Waals surface area (Å²) in [5.41, 5.74) is 0.927. The number of esters is 1. The number of halogens is 1. The van der Waals surface area contributed by atoms with Crippen molar-refractivity contribution >= 4 is 40.5 Å². The molecule has 114 valence electrons. The van der Waals surface area contributed by atoms with Gasteiger partial charge in [0.25, 0.3) is 0 Å². The molecule has 0 atom stereocenters. The Labute approximate surface area is 136 Å². The van der Waals surface area contributed by atoms with Crippen LogP contribution in [-0.4, -0.2) is 18.1 Å². The fraction of sp³-hybridized carbons (Fsp3) is 0.500. The minimum atomic E-state index is -0.0759. The Hall–Kier alpha value is -1.13. The zero-order valence-electron chi connectivity index (χ0n) is 12.1. The van der Waals surface area contributed by atoms with Gasteiger partial charge >= 0.3 is 5.97 Å². The molecule has 3 nitrogen and oxygen atoms in total. The molecule has 2 rings (SSSR count). The summed E-state index contributed by atoms with van der Waals surface area (Å²) in [5, 5.41) is 3.93. The molecule has 0 saturated heterocycles. The summed E-state index contributed by atoms with van der Waals surface area (Å²) in [6, 6.07) is 7.55. The molecule has 0 spiro atoms. The molecule has 1 aromatic carbocycles. The van der Waals surface area contributed by atoms with E-state index in [2.05, 4.69) is 5.32 Å². The van der Waals surface area contributed by atoms with Crippen molar-refractivity contribution in [3.63, 3.8) is 0 Å². The smallest absolute Gasteiger partial charge is 0.308 e. The van der Waals surface area contributed by atoms with E-state index in [4.69, 9.17) is 28.6 Å². The van der Waals surface area contributed by atoms with Crippen molar-refractivity contribution in [1.82, 2.24) is 0 Å². The lowest BCUT2D eigenvalue weighted by Crippen LogP contribution is -2.25. The van der Waals surface area contributed by atoms with E-state index in [1.807, 2.05) is 24.3 Å². The van der Waals surface area contributed by atoms with Gasteiger partial charge in [-0.2, -0.15) is 0 Å². The van der Waals surface area contributed by atoms with E-state index in [0.717, 1.165) is 42.8 Å². The standard InChI is InChI=1S/C16H20ClNO2S/c1-20-16(19)12-7-5-11(6-8-12)9-15(21)18-14-4-2-3-13(17)10-14/h2-4,10-12H,5-9H2,1H3,(H,18,21)/t11-,12+. The van der Waals surface area contributed by atoms with E-state index in [1.165, 1.54) is 7.11 Å². The van der Waals surface area contributed by atoms with Gasteiger partial charge in [-0.25, -0.2) is 0 Å². The summed E-state index contributed by atoms with van der Waals surface area (Å²) < 4.78 is 4.81. The molecule has 0 unspecified atom stereocenters. The van der Waals surface area contributed by atoms with Crippen molar-refractivity contribution in [3.8, 4) is 0 Å². The van der Waals surface area contributed by atoms with E-state index in [9.17, 15) is 4.79 Å². The Morgan fingerprint density at radius 3 is 2.71 bits per heavy atom. The van der Waals surface area contributed by atoms with E-state index >= 15 is 0 Å². The first kappa shape index (κ1) is 16.2. The summed E-state index contributed by atoms with van der Waals surface area (Å²) in [5.74, 6) is 0.541. The highest BCUT2D eigenvalue weighted by Gasteiger charge is 2.27. The van der Waals surface area contributed by atoms with Gasteiger partial charge in [0.05, 0.1) is 18.0 Å². The maximum atomic E-state index is 11.5. The van der Waals surface area contributed by atoms with E-state index in [-0.39, 0.29) is 11.9 Å². The maximum absolute atomic E-state index is 11.5. The van der Waals surface area contributed by atoms with Crippen LogP contribution in [0.25, 0.3) is 0 Å². The highest BCUT2D eigenvalue weighted by molar-refractivity contribution is 7.80. The lowest BCUT2D eigenvalue weighted by molar-refractivity contribution is -0.146. The number of carbonyl (C=O) groups excluding carboxylic acids is 1. The lowest BCUT2D eigenvalue weighted by Gasteiger charge is -2.27. The first-order chi connectivity index (χ1) is 10.1. The molecule has 1 fully saturated rings. The number of benzene rings is 1. The minimum absolute atomic E-state index is 0.0701. The fourth-order valence-corrected chi connectivity index (χ4v) is 3.35. The van der Waals surface area contributed by atoms with Crippen molar-refractivity contribution < 1.29 is 9.53 Å². The molecule has 21 heavy (non-hydrogen) atoms. The highest BCUT2D eigenvalue weighted by Crippen LogP contribution is 2.32. The Balaban J connectivity index is 1.78. The van der Waals surface area contributed by atoms with Crippen molar-refractivity contribution in [2.75, 3.05) is 12.4 Å². The second-order valence-electron chi connectivity index (χ2n) is 5.50. The molecule has 0 amide bonds. The summed E-state index contributed by atoms with van der Waals surface area (Å²) >= 11 is 11.4. The zero-order valence-corrected chi connectivity index (χ0v) is 13.7. The number of carbonyl (C=O) groups is 1. The van der Waals surface area contributed by atoms with Gasteiger partial charge in [0, 0.05) is 17.1 Å². The van der Waals surface area contributed by atoms with Crippen LogP contribution in [0.2, 0.25) is 5.02 Å². The van der Waals surface area contributed by atoms with Crippen LogP contribution < -0.4 is 5.32 Å². The average Bonchev–Trinajstić information content (AvgIpc) is 2.47. The molecule has 0 radical (unpaired) electrons. The van der Waals surface area contributed by atoms with E-state index < -0.39 is 0 Å². The Kier molecular flexibility index (Phi) is 6.00. The van der Waals surface area contributed by atoms with Gasteiger partial charge in [0.15, 0.2) is 0 Å². The second kappa shape index (κ2) is 7.76. The first-order valence-electron chi connectivity index (χ1n) is 7.21. The number of hydrogen-bond acceptors (Lipinski definition) is 3. The van der Waals surface area contributed by atoms with Crippen molar-refractivity contribution in [1.29, 1.82) is 0 Å². The van der Waals surface area contributed by atoms with Crippen LogP contribution in [-0.2, 0) is 9.53 Å². The van der Waals surface area contributed by atoms with Crippen LogP contribution in [0.4, 0.5) is 5.69 Å². The van der Waals surface area contributed by atoms with Gasteiger partial charge in [-0.3, -0.25) is 4.79 Å². The lowest BCUT2D eigenvalue weighted by atomic mass is 9.80. The van der Waals surface area contributed by atoms with Crippen LogP contribution in [0.1, 0.15) is 32.1 Å². The van der Waals surface area contributed by atoms with Gasteiger partial charge in [0.2, 0.25) is 0 Å². The molecule has 1 aliphatic rings. The molecule has 1 aliphatic carbocycles. The molecule has 0 aliphatic heterocycles. The van der Waals surface area contributed by atoms with Crippen LogP contribution in [0, 0.1) is 11.8 Å². The van der Waals surface area contributed by atoms with Crippen molar-refractivity contribution in [2.45, 2.75) is 32.1 Å². The average molecular weight is 326 g/mol. The van der Waals surface area contributed by atoms with Crippen LogP contribution in [0.15, 0.2) is 24.3 Å². The summed E-state index contributed by atoms with van der Waals surface area (Å²) in [6.07, 6.45) is 4.71. The molecule has 1 N–H and O–H groups in total. The Morgan fingerprint density at radius 1 is 1.38 bits per heavy atom. The van der Waals surface area contributed by atoms with Crippen molar-refractivity contribution in [3.05, 3.63) is 29.3 Å². The minimum Gasteiger partial charge on any atom is -0.469 e. The fourth-order valence-electron chi connectivity index (χ4n) is 2.81. The molecular formula is C16H20ClNO2S. The zero-order chi connectivity index (χ0) is 15.2. The maximum Gasteiger partial charge on any atom is 0.308 e. The van der Waals surface area contributed by atoms with Crippen LogP contribution in [0.3, 0.4) is 0 Å². The summed E-state index contributed by atoms with van der Waals surface area (Å²) in [4.78, 5) is 12.3. The number of nitrogens with one attached hydrogen (secondary N) is 1. The SMILES string of the molecule is COC(=O)[C@H]1CC[C@@H](CC(=S)Nc2cccc(Cl)c2)CC1. The number of thiocarbonyl (C=S) groups is 1. The normalized spacial score (nSPS) is 21.6. The number of rotatable bonds is 4. The quantitative estimate of drug-likeness (QED) is 0.655. The monoisotopic (exact) mass is 325 g/mol. The molecule has 0 aromatic heterocycles. The summed E-state index contributed by atoms with van der Waals surface area (Å²) in [6.45, 7) is 0. The van der Waals surface area contributed by atoms with Crippen LogP contribution >= 0.6 is 23.8 Å². The molecule has 5 heteroatoms. The largest absolute Gasteiger partial charge is 0.469 e. The second-order valence-corrected chi connectivity index (χ2v) is 6.43. The third-order valence-corrected chi connectivity index (χ3v) is 4.47. The van der Waals surface area contributed by atoms with Crippen LogP contribution in [0.5, 0.6) is 0 Å². The third-order valence-electron chi connectivity index (χ3n) is 3.96. The highest BCUT2D eigenvalue weighted by atomic mass is 35.5. The van der Waals surface area contributed by atoms with Gasteiger partial charge < -0.3 is 10.1 Å². The molecule has 1 aromatic rings. The Bertz CT molecular complexity index is 513. The number of ether oxygens (including phenoxy) is 1.